The molecule has 0 spiro atoms. The molecule has 2 aromatic rings. The molecule has 0 aromatic heterocycles. The van der Waals surface area contributed by atoms with Gasteiger partial charge in [-0.2, -0.15) is 0 Å². The summed E-state index contributed by atoms with van der Waals surface area (Å²) in [6, 6.07) is 9.11. The van der Waals surface area contributed by atoms with E-state index >= 15 is 0 Å². The summed E-state index contributed by atoms with van der Waals surface area (Å²) in [6.07, 6.45) is 0. The molecule has 2 rings (SSSR count). The van der Waals surface area contributed by atoms with Gasteiger partial charge in [0.1, 0.15) is 11.3 Å². The number of benzene rings is 2. The van der Waals surface area contributed by atoms with Crippen molar-refractivity contribution in [2.24, 2.45) is 0 Å². The second kappa shape index (κ2) is 5.38. The molecule has 0 aliphatic rings. The molecule has 0 saturated carbocycles. The van der Waals surface area contributed by atoms with Gasteiger partial charge in [0.05, 0.1) is 10.7 Å². The van der Waals surface area contributed by atoms with Crippen molar-refractivity contribution in [2.45, 2.75) is 0 Å². The molecule has 0 aliphatic heterocycles. The van der Waals surface area contributed by atoms with E-state index in [1.54, 1.807) is 18.2 Å². The lowest BCUT2D eigenvalue weighted by Gasteiger charge is -2.12. The summed E-state index contributed by atoms with van der Waals surface area (Å²) in [6.45, 7) is 0. The Morgan fingerprint density at radius 2 is 1.95 bits per heavy atom. The van der Waals surface area contributed by atoms with Crippen LogP contribution in [0, 0.1) is 0 Å². The monoisotopic (exact) mass is 297 g/mol. The van der Waals surface area contributed by atoms with E-state index in [2.05, 4.69) is 0 Å². The van der Waals surface area contributed by atoms with Crippen molar-refractivity contribution in [3.63, 3.8) is 0 Å². The number of nitrogens with two attached hydrogens (primary N) is 1. The second-order valence-electron chi connectivity index (χ2n) is 3.71. The average molecular weight is 298 g/mol. The minimum atomic E-state index is -1.14. The van der Waals surface area contributed by atoms with E-state index < -0.39 is 5.97 Å². The van der Waals surface area contributed by atoms with Crippen LogP contribution in [0.3, 0.4) is 0 Å². The number of para-hydroxylation sites is 1. The minimum Gasteiger partial charge on any atom is -0.478 e. The van der Waals surface area contributed by atoms with Crippen LogP contribution in [0.1, 0.15) is 10.4 Å². The van der Waals surface area contributed by atoms with Crippen molar-refractivity contribution < 1.29 is 14.6 Å². The third-order valence-corrected chi connectivity index (χ3v) is 2.93. The fourth-order valence-electron chi connectivity index (χ4n) is 1.50. The Kier molecular flexibility index (Phi) is 3.83. The zero-order valence-electron chi connectivity index (χ0n) is 9.56. The Bertz CT molecular complexity index is 644. The number of hydrogen-bond donors (Lipinski definition) is 2. The zero-order chi connectivity index (χ0) is 14.0. The van der Waals surface area contributed by atoms with Gasteiger partial charge in [-0.3, -0.25) is 0 Å². The van der Waals surface area contributed by atoms with Crippen LogP contribution in [0.5, 0.6) is 11.5 Å². The molecule has 0 aliphatic carbocycles. The molecule has 2 aromatic carbocycles. The molecule has 98 valence electrons. The van der Waals surface area contributed by atoms with Gasteiger partial charge < -0.3 is 15.6 Å². The van der Waals surface area contributed by atoms with Gasteiger partial charge in [0, 0.05) is 11.1 Å². The van der Waals surface area contributed by atoms with Crippen LogP contribution < -0.4 is 10.5 Å². The molecule has 0 bridgehead atoms. The van der Waals surface area contributed by atoms with E-state index in [-0.39, 0.29) is 22.7 Å². The first-order chi connectivity index (χ1) is 8.99. The Labute approximate surface area is 119 Å². The zero-order valence-corrected chi connectivity index (χ0v) is 11.1. The van der Waals surface area contributed by atoms with Crippen molar-refractivity contribution in [2.75, 3.05) is 5.73 Å². The van der Waals surface area contributed by atoms with Crippen LogP contribution in [0.25, 0.3) is 0 Å². The molecular weight excluding hydrogens is 289 g/mol. The molecule has 0 heterocycles. The van der Waals surface area contributed by atoms with Crippen molar-refractivity contribution in [3.05, 3.63) is 52.0 Å². The van der Waals surface area contributed by atoms with Crippen LogP contribution in [0.15, 0.2) is 36.4 Å². The lowest BCUT2D eigenvalue weighted by molar-refractivity contribution is 0.0694. The standard InChI is InChI=1S/C13H9Cl2NO3/c14-7-4-5-9(15)11(6-7)19-12-8(13(17)18)2-1-3-10(12)16/h1-6H,16H2,(H,17,18). The highest BCUT2D eigenvalue weighted by Gasteiger charge is 2.16. The highest BCUT2D eigenvalue weighted by atomic mass is 35.5. The van der Waals surface area contributed by atoms with Crippen LogP contribution in [0.4, 0.5) is 5.69 Å². The van der Waals surface area contributed by atoms with E-state index in [4.69, 9.17) is 38.8 Å². The first-order valence-electron chi connectivity index (χ1n) is 5.23. The minimum absolute atomic E-state index is 0.0409. The number of nitrogen functional groups attached to an aromatic ring is 1. The van der Waals surface area contributed by atoms with Crippen molar-refractivity contribution in [3.8, 4) is 11.5 Å². The number of carbonyl (C=O) groups is 1. The topological polar surface area (TPSA) is 72.6 Å². The predicted octanol–water partition coefficient (Wildman–Crippen LogP) is 4.07. The molecule has 0 radical (unpaired) electrons. The highest BCUT2D eigenvalue weighted by Crippen LogP contribution is 2.36. The van der Waals surface area contributed by atoms with Crippen molar-refractivity contribution in [1.82, 2.24) is 0 Å². The largest absolute Gasteiger partial charge is 0.478 e. The van der Waals surface area contributed by atoms with Gasteiger partial charge in [0.2, 0.25) is 0 Å². The Morgan fingerprint density at radius 3 is 2.63 bits per heavy atom. The van der Waals surface area contributed by atoms with E-state index in [1.165, 1.54) is 18.2 Å². The van der Waals surface area contributed by atoms with Gasteiger partial charge in [-0.15, -0.1) is 0 Å². The SMILES string of the molecule is Nc1cccc(C(=O)O)c1Oc1cc(Cl)ccc1Cl. The van der Waals surface area contributed by atoms with Crippen LogP contribution >= 0.6 is 23.2 Å². The lowest BCUT2D eigenvalue weighted by atomic mass is 10.1. The van der Waals surface area contributed by atoms with E-state index in [9.17, 15) is 4.79 Å². The molecule has 0 atom stereocenters. The maximum Gasteiger partial charge on any atom is 0.339 e. The predicted molar refractivity (Wildman–Crippen MR) is 74.3 cm³/mol. The van der Waals surface area contributed by atoms with Gasteiger partial charge in [-0.05, 0) is 24.3 Å². The van der Waals surface area contributed by atoms with Gasteiger partial charge in [-0.25, -0.2) is 4.79 Å². The number of anilines is 1. The van der Waals surface area contributed by atoms with Gasteiger partial charge in [0.25, 0.3) is 0 Å². The molecule has 0 amide bonds. The van der Waals surface area contributed by atoms with Crippen molar-refractivity contribution >= 4 is 34.9 Å². The number of ether oxygens (including phenoxy) is 1. The quantitative estimate of drug-likeness (QED) is 0.838. The Balaban J connectivity index is 2.49. The van der Waals surface area contributed by atoms with E-state index in [0.717, 1.165) is 0 Å². The number of carboxylic acid groups (broad SMARTS) is 1. The summed E-state index contributed by atoms with van der Waals surface area (Å²) in [5, 5.41) is 9.83. The summed E-state index contributed by atoms with van der Waals surface area (Å²) >= 11 is 11.8. The summed E-state index contributed by atoms with van der Waals surface area (Å²) in [5.74, 6) is -0.853. The average Bonchev–Trinajstić information content (AvgIpc) is 2.35. The second-order valence-corrected chi connectivity index (χ2v) is 4.55. The number of rotatable bonds is 3. The molecule has 0 unspecified atom stereocenters. The maximum atomic E-state index is 11.1. The first kappa shape index (κ1) is 13.5. The highest BCUT2D eigenvalue weighted by molar-refractivity contribution is 6.34. The van der Waals surface area contributed by atoms with Gasteiger partial charge >= 0.3 is 5.97 Å². The van der Waals surface area contributed by atoms with E-state index in [0.29, 0.717) is 10.0 Å². The molecular formula is C13H9Cl2NO3. The number of aromatic carboxylic acids is 1. The Morgan fingerprint density at radius 1 is 1.21 bits per heavy atom. The van der Waals surface area contributed by atoms with E-state index in [1.807, 2.05) is 0 Å². The van der Waals surface area contributed by atoms with Gasteiger partial charge in [-0.1, -0.05) is 29.3 Å². The van der Waals surface area contributed by atoms with Crippen LogP contribution in [-0.4, -0.2) is 11.1 Å². The smallest absolute Gasteiger partial charge is 0.339 e. The third-order valence-electron chi connectivity index (χ3n) is 2.38. The summed E-state index contributed by atoms with van der Waals surface area (Å²) < 4.78 is 5.49. The molecule has 0 fully saturated rings. The van der Waals surface area contributed by atoms with Crippen molar-refractivity contribution in [1.29, 1.82) is 0 Å². The molecule has 3 N–H and O–H groups in total. The normalized spacial score (nSPS) is 10.2. The summed E-state index contributed by atoms with van der Waals surface area (Å²) in [4.78, 5) is 11.1. The van der Waals surface area contributed by atoms with Crippen LogP contribution in [-0.2, 0) is 0 Å². The number of carboxylic acids is 1. The van der Waals surface area contributed by atoms with Crippen LogP contribution in [0.2, 0.25) is 10.0 Å². The fourth-order valence-corrected chi connectivity index (χ4v) is 1.82. The fraction of sp³-hybridized carbons (Fsp3) is 0. The summed E-state index contributed by atoms with van der Waals surface area (Å²) in [5.41, 5.74) is 5.89. The molecule has 4 nitrogen and oxygen atoms in total. The van der Waals surface area contributed by atoms with Gasteiger partial charge in [0.15, 0.2) is 5.75 Å². The summed E-state index contributed by atoms with van der Waals surface area (Å²) in [7, 11) is 0. The first-order valence-corrected chi connectivity index (χ1v) is 5.99. The maximum absolute atomic E-state index is 11.1. The third kappa shape index (κ3) is 2.92. The number of hydrogen-bond acceptors (Lipinski definition) is 3. The number of halogens is 2. The Hall–Kier alpha value is -1.91. The molecule has 6 heteroatoms. The molecule has 0 saturated heterocycles. The lowest BCUT2D eigenvalue weighted by Crippen LogP contribution is -2.03. The molecule has 19 heavy (non-hydrogen) atoms.